The maximum Gasteiger partial charge on any atom is 0.353 e. The fourth-order valence-electron chi connectivity index (χ4n) is 2.39. The van der Waals surface area contributed by atoms with E-state index in [1.807, 2.05) is 12.1 Å². The van der Waals surface area contributed by atoms with Gasteiger partial charge in [-0.15, -0.1) is 0 Å². The van der Waals surface area contributed by atoms with E-state index in [-0.39, 0.29) is 11.7 Å². The Balaban J connectivity index is 1.64. The molecule has 2 N–H and O–H groups in total. The molecule has 0 fully saturated rings. The van der Waals surface area contributed by atoms with Gasteiger partial charge in [-0.3, -0.25) is 5.01 Å². The van der Waals surface area contributed by atoms with Crippen LogP contribution in [0.5, 0.6) is 0 Å². The summed E-state index contributed by atoms with van der Waals surface area (Å²) in [4.78, 5) is 15.6. The van der Waals surface area contributed by atoms with Crippen molar-refractivity contribution in [3.63, 3.8) is 0 Å². The van der Waals surface area contributed by atoms with Gasteiger partial charge in [0, 0.05) is 11.2 Å². The first-order valence-corrected chi connectivity index (χ1v) is 8.24. The zero-order valence-corrected chi connectivity index (χ0v) is 14.5. The maximum atomic E-state index is 11.5. The number of nitrogens with zero attached hydrogens (tertiary/aromatic N) is 2. The van der Waals surface area contributed by atoms with Gasteiger partial charge in [0.15, 0.2) is 5.82 Å². The van der Waals surface area contributed by atoms with Crippen LogP contribution in [0, 0.1) is 0 Å². The highest BCUT2D eigenvalue weighted by molar-refractivity contribution is 6.33. The van der Waals surface area contributed by atoms with Gasteiger partial charge < -0.3 is 9.84 Å². The fourth-order valence-corrected chi connectivity index (χ4v) is 2.72. The number of carboxylic acids is 1. The second-order valence-electron chi connectivity index (χ2n) is 5.38. The Hall–Kier alpha value is -2.12. The van der Waals surface area contributed by atoms with E-state index in [4.69, 9.17) is 27.9 Å². The second kappa shape index (κ2) is 7.84. The van der Waals surface area contributed by atoms with Crippen LogP contribution in [-0.4, -0.2) is 28.7 Å². The second-order valence-corrected chi connectivity index (χ2v) is 6.22. The summed E-state index contributed by atoms with van der Waals surface area (Å²) in [7, 11) is 0. The van der Waals surface area contributed by atoms with Gasteiger partial charge in [-0.05, 0) is 35.9 Å². The van der Waals surface area contributed by atoms with Gasteiger partial charge in [0.25, 0.3) is 0 Å². The molecule has 1 atom stereocenters. The summed E-state index contributed by atoms with van der Waals surface area (Å²) < 4.78 is 5.66. The summed E-state index contributed by atoms with van der Waals surface area (Å²) in [5, 5.41) is 11.8. The summed E-state index contributed by atoms with van der Waals surface area (Å²) >= 11 is 12.0. The molecule has 1 aromatic heterocycles. The third-order valence-corrected chi connectivity index (χ3v) is 4.09. The van der Waals surface area contributed by atoms with Gasteiger partial charge >= 0.3 is 5.97 Å². The average Bonchev–Trinajstić information content (AvgIpc) is 3.01. The van der Waals surface area contributed by atoms with E-state index < -0.39 is 5.97 Å². The quantitative estimate of drug-likeness (QED) is 0.802. The number of carbonyl (C=O) groups is 1. The number of hydrazine groups is 1. The van der Waals surface area contributed by atoms with Crippen LogP contribution in [0.25, 0.3) is 0 Å². The van der Waals surface area contributed by atoms with Crippen LogP contribution in [0.4, 0.5) is 5.82 Å². The lowest BCUT2D eigenvalue weighted by molar-refractivity contribution is -0.132. The lowest BCUT2D eigenvalue weighted by Crippen LogP contribution is -2.41. The third-order valence-electron chi connectivity index (χ3n) is 3.54. The van der Waals surface area contributed by atoms with Crippen LogP contribution in [0.15, 0.2) is 54.4 Å². The van der Waals surface area contributed by atoms with Crippen LogP contribution >= 0.6 is 23.2 Å². The lowest BCUT2D eigenvalue weighted by Gasteiger charge is -2.22. The predicted octanol–water partition coefficient (Wildman–Crippen LogP) is 3.27. The molecule has 0 spiro atoms. The van der Waals surface area contributed by atoms with E-state index in [9.17, 15) is 9.90 Å². The van der Waals surface area contributed by atoms with Crippen LogP contribution < -0.4 is 10.4 Å². The number of nitrogens with one attached hydrogen (secondary N) is 1. The van der Waals surface area contributed by atoms with Crippen molar-refractivity contribution in [2.45, 2.75) is 12.6 Å². The monoisotopic (exact) mass is 379 g/mol. The molecule has 0 radical (unpaired) electrons. The van der Waals surface area contributed by atoms with Crippen molar-refractivity contribution in [3.05, 3.63) is 70.0 Å². The predicted molar refractivity (Wildman–Crippen MR) is 95.5 cm³/mol. The number of carboxylic acid groups (broad SMARTS) is 1. The standard InChI is InChI=1S/C17H15Cl2N3O3/c18-12-5-3-11(4-6-12)9-25-10-13-8-15(17(23)24)22(21-13)16-14(19)2-1-7-20-16/h1-8,13,21H,9-10H2,(H,23,24). The molecule has 130 valence electrons. The van der Waals surface area contributed by atoms with E-state index in [0.29, 0.717) is 29.1 Å². The number of benzene rings is 1. The summed E-state index contributed by atoms with van der Waals surface area (Å²) in [5.41, 5.74) is 4.08. The number of ether oxygens (including phenoxy) is 1. The zero-order chi connectivity index (χ0) is 17.8. The maximum absolute atomic E-state index is 11.5. The summed E-state index contributed by atoms with van der Waals surface area (Å²) in [6, 6.07) is 10.4. The summed E-state index contributed by atoms with van der Waals surface area (Å²) in [5.74, 6) is -0.743. The van der Waals surface area contributed by atoms with Gasteiger partial charge in [0.2, 0.25) is 0 Å². The molecule has 1 aliphatic heterocycles. The topological polar surface area (TPSA) is 74.7 Å². The van der Waals surface area contributed by atoms with E-state index in [0.717, 1.165) is 5.56 Å². The fraction of sp³-hybridized carbons (Fsp3) is 0.176. The molecule has 0 saturated carbocycles. The molecule has 2 heterocycles. The molecule has 0 bridgehead atoms. The van der Waals surface area contributed by atoms with Gasteiger partial charge in [0.1, 0.15) is 5.70 Å². The number of halogens is 2. The van der Waals surface area contributed by atoms with Crippen molar-refractivity contribution >= 4 is 35.0 Å². The van der Waals surface area contributed by atoms with Gasteiger partial charge in [-0.25, -0.2) is 15.2 Å². The van der Waals surface area contributed by atoms with Gasteiger partial charge in [0.05, 0.1) is 24.3 Å². The molecule has 8 heteroatoms. The Morgan fingerprint density at radius 1 is 1.28 bits per heavy atom. The Kier molecular flexibility index (Phi) is 5.55. The molecule has 3 rings (SSSR count). The van der Waals surface area contributed by atoms with Crippen molar-refractivity contribution in [3.8, 4) is 0 Å². The first-order chi connectivity index (χ1) is 12.0. The molecule has 0 saturated heterocycles. The smallest absolute Gasteiger partial charge is 0.353 e. The van der Waals surface area contributed by atoms with Crippen molar-refractivity contribution in [1.29, 1.82) is 0 Å². The molecular weight excluding hydrogens is 365 g/mol. The Labute approximate surface area is 154 Å². The van der Waals surface area contributed by atoms with Crippen molar-refractivity contribution in [2.24, 2.45) is 0 Å². The first-order valence-electron chi connectivity index (χ1n) is 7.48. The first kappa shape index (κ1) is 17.7. The Bertz CT molecular complexity index is 796. The Morgan fingerprint density at radius 3 is 2.72 bits per heavy atom. The minimum Gasteiger partial charge on any atom is -0.477 e. The number of aromatic nitrogens is 1. The highest BCUT2D eigenvalue weighted by Gasteiger charge is 2.30. The highest BCUT2D eigenvalue weighted by Crippen LogP contribution is 2.27. The molecule has 0 aliphatic carbocycles. The molecule has 1 unspecified atom stereocenters. The van der Waals surface area contributed by atoms with Crippen LogP contribution in [0.3, 0.4) is 0 Å². The Morgan fingerprint density at radius 2 is 2.04 bits per heavy atom. The van der Waals surface area contributed by atoms with E-state index in [1.54, 1.807) is 36.5 Å². The lowest BCUT2D eigenvalue weighted by atomic mass is 10.2. The number of rotatable bonds is 6. The van der Waals surface area contributed by atoms with Crippen molar-refractivity contribution in [1.82, 2.24) is 10.4 Å². The van der Waals surface area contributed by atoms with Crippen LogP contribution in [0.2, 0.25) is 10.0 Å². The minimum atomic E-state index is -1.07. The number of pyridine rings is 1. The molecule has 1 aliphatic rings. The molecule has 6 nitrogen and oxygen atoms in total. The number of hydrogen-bond acceptors (Lipinski definition) is 5. The zero-order valence-electron chi connectivity index (χ0n) is 13.0. The normalized spacial score (nSPS) is 16.8. The van der Waals surface area contributed by atoms with E-state index in [1.165, 1.54) is 5.01 Å². The van der Waals surface area contributed by atoms with Crippen LogP contribution in [0.1, 0.15) is 5.56 Å². The third kappa shape index (κ3) is 4.29. The van der Waals surface area contributed by atoms with Crippen molar-refractivity contribution in [2.75, 3.05) is 11.6 Å². The van der Waals surface area contributed by atoms with E-state index in [2.05, 4.69) is 10.4 Å². The molecule has 25 heavy (non-hydrogen) atoms. The van der Waals surface area contributed by atoms with Gasteiger partial charge in [-0.1, -0.05) is 35.3 Å². The average molecular weight is 380 g/mol. The highest BCUT2D eigenvalue weighted by atomic mass is 35.5. The summed E-state index contributed by atoms with van der Waals surface area (Å²) in [6.07, 6.45) is 3.13. The molecular formula is C17H15Cl2N3O3. The number of aliphatic carboxylic acids is 1. The SMILES string of the molecule is O=C(O)C1=CC(COCc2ccc(Cl)cc2)NN1c1ncccc1Cl. The van der Waals surface area contributed by atoms with Crippen LogP contribution in [-0.2, 0) is 16.1 Å². The molecule has 0 amide bonds. The van der Waals surface area contributed by atoms with Crippen molar-refractivity contribution < 1.29 is 14.6 Å². The minimum absolute atomic E-state index is 0.0562. The molecule has 2 aromatic rings. The molecule has 1 aromatic carbocycles. The number of hydrogen-bond donors (Lipinski definition) is 2. The van der Waals surface area contributed by atoms with E-state index >= 15 is 0 Å². The van der Waals surface area contributed by atoms with Gasteiger partial charge in [-0.2, -0.15) is 0 Å². The largest absolute Gasteiger partial charge is 0.477 e. The summed E-state index contributed by atoms with van der Waals surface area (Å²) in [6.45, 7) is 0.691. The number of anilines is 1.